The molecule has 0 aromatic heterocycles. The highest BCUT2D eigenvalue weighted by Crippen LogP contribution is 2.28. The smallest absolute Gasteiger partial charge is 0.319 e. The maximum absolute atomic E-state index is 11.9. The van der Waals surface area contributed by atoms with Crippen molar-refractivity contribution in [3.63, 3.8) is 0 Å². The second-order valence-corrected chi connectivity index (χ2v) is 5.67. The molecule has 1 aromatic rings. The van der Waals surface area contributed by atoms with E-state index in [9.17, 15) is 4.79 Å². The van der Waals surface area contributed by atoms with Crippen LogP contribution in [0, 0.1) is 0 Å². The second kappa shape index (κ2) is 8.44. The number of carbonyl (C=O) groups excluding carboxylic acids is 1. The van der Waals surface area contributed by atoms with Gasteiger partial charge in [-0.2, -0.15) is 0 Å². The van der Waals surface area contributed by atoms with E-state index >= 15 is 0 Å². The third kappa shape index (κ3) is 5.32. The number of thioether (sulfide) groups is 1. The molecule has 0 heterocycles. The maximum Gasteiger partial charge on any atom is 0.319 e. The predicted octanol–water partition coefficient (Wildman–Crippen LogP) is 4.55. The monoisotopic (exact) mass is 286 g/mol. The normalized spacial score (nSPS) is 12.2. The zero-order chi connectivity index (χ0) is 13.4. The van der Waals surface area contributed by atoms with Crippen LogP contribution in [0.5, 0.6) is 0 Å². The average Bonchev–Trinajstić information content (AvgIpc) is 2.37. The molecule has 0 saturated heterocycles. The number of esters is 1. The molecule has 0 fully saturated rings. The van der Waals surface area contributed by atoms with Crippen molar-refractivity contribution >= 4 is 29.3 Å². The number of benzene rings is 1. The van der Waals surface area contributed by atoms with Crippen LogP contribution in [0.15, 0.2) is 29.2 Å². The van der Waals surface area contributed by atoms with Gasteiger partial charge in [-0.3, -0.25) is 4.79 Å². The van der Waals surface area contributed by atoms with Crippen molar-refractivity contribution < 1.29 is 9.53 Å². The SMILES string of the molecule is CCCC[C@@H](Sc1ccc(Cl)cc1)C(=O)OCC. The number of rotatable bonds is 7. The Balaban J connectivity index is 2.64. The summed E-state index contributed by atoms with van der Waals surface area (Å²) in [4.78, 5) is 12.9. The van der Waals surface area contributed by atoms with E-state index in [1.54, 1.807) is 11.8 Å². The molecule has 0 unspecified atom stereocenters. The van der Waals surface area contributed by atoms with Crippen LogP contribution in [0.25, 0.3) is 0 Å². The van der Waals surface area contributed by atoms with E-state index in [1.165, 1.54) is 0 Å². The molecule has 100 valence electrons. The van der Waals surface area contributed by atoms with E-state index < -0.39 is 0 Å². The molecule has 0 aliphatic carbocycles. The van der Waals surface area contributed by atoms with Gasteiger partial charge in [0.2, 0.25) is 0 Å². The van der Waals surface area contributed by atoms with Crippen LogP contribution >= 0.6 is 23.4 Å². The van der Waals surface area contributed by atoms with E-state index in [0.717, 1.165) is 24.2 Å². The maximum atomic E-state index is 11.9. The first kappa shape index (κ1) is 15.4. The lowest BCUT2D eigenvalue weighted by atomic mass is 10.2. The predicted molar refractivity (Wildman–Crippen MR) is 77.3 cm³/mol. The van der Waals surface area contributed by atoms with Crippen molar-refractivity contribution in [1.29, 1.82) is 0 Å². The molecule has 0 spiro atoms. The molecule has 1 rings (SSSR count). The Labute approximate surface area is 118 Å². The third-order valence-electron chi connectivity index (χ3n) is 2.46. The summed E-state index contributed by atoms with van der Waals surface area (Å²) in [6.07, 6.45) is 2.96. The Bertz CT molecular complexity index is 365. The molecule has 0 N–H and O–H groups in total. The quantitative estimate of drug-likeness (QED) is 0.543. The minimum Gasteiger partial charge on any atom is -0.465 e. The van der Waals surface area contributed by atoms with Crippen molar-refractivity contribution in [3.8, 4) is 0 Å². The van der Waals surface area contributed by atoms with E-state index in [1.807, 2.05) is 31.2 Å². The van der Waals surface area contributed by atoms with Gasteiger partial charge in [0, 0.05) is 9.92 Å². The minimum absolute atomic E-state index is 0.119. The fourth-order valence-electron chi connectivity index (χ4n) is 1.53. The van der Waals surface area contributed by atoms with Gasteiger partial charge in [-0.25, -0.2) is 0 Å². The van der Waals surface area contributed by atoms with Gasteiger partial charge in [0.1, 0.15) is 5.25 Å². The highest BCUT2D eigenvalue weighted by atomic mass is 35.5. The Morgan fingerprint density at radius 3 is 2.56 bits per heavy atom. The summed E-state index contributed by atoms with van der Waals surface area (Å²) in [5.41, 5.74) is 0. The highest BCUT2D eigenvalue weighted by Gasteiger charge is 2.20. The average molecular weight is 287 g/mol. The molecule has 0 bridgehead atoms. The van der Waals surface area contributed by atoms with E-state index in [0.29, 0.717) is 11.6 Å². The van der Waals surface area contributed by atoms with Crippen LogP contribution in [0.2, 0.25) is 5.02 Å². The molecule has 0 saturated carbocycles. The van der Waals surface area contributed by atoms with E-state index in [4.69, 9.17) is 16.3 Å². The van der Waals surface area contributed by atoms with Gasteiger partial charge >= 0.3 is 5.97 Å². The summed E-state index contributed by atoms with van der Waals surface area (Å²) in [6, 6.07) is 7.55. The molecule has 0 radical (unpaired) electrons. The van der Waals surface area contributed by atoms with Gasteiger partial charge in [0.05, 0.1) is 6.61 Å². The minimum atomic E-state index is -0.120. The van der Waals surface area contributed by atoms with Gasteiger partial charge in [0.15, 0.2) is 0 Å². The number of hydrogen-bond donors (Lipinski definition) is 0. The molecule has 4 heteroatoms. The first-order valence-corrected chi connectivity index (χ1v) is 7.52. The molecular formula is C14H19ClO2S. The van der Waals surface area contributed by atoms with Crippen LogP contribution in [0.3, 0.4) is 0 Å². The van der Waals surface area contributed by atoms with Crippen LogP contribution in [0.4, 0.5) is 0 Å². The number of carbonyl (C=O) groups is 1. The topological polar surface area (TPSA) is 26.3 Å². The summed E-state index contributed by atoms with van der Waals surface area (Å²) in [5.74, 6) is -0.120. The fraction of sp³-hybridized carbons (Fsp3) is 0.500. The standard InChI is InChI=1S/C14H19ClO2S/c1-3-5-6-13(14(16)17-4-2)18-12-9-7-11(15)8-10-12/h7-10,13H,3-6H2,1-2H3/t13-/m1/s1. The lowest BCUT2D eigenvalue weighted by Gasteiger charge is -2.14. The summed E-state index contributed by atoms with van der Waals surface area (Å²) in [6.45, 7) is 4.39. The van der Waals surface area contributed by atoms with Gasteiger partial charge in [-0.05, 0) is 37.6 Å². The molecule has 1 aromatic carbocycles. The molecule has 0 aliphatic rings. The lowest BCUT2D eigenvalue weighted by Crippen LogP contribution is -2.20. The Kier molecular flexibility index (Phi) is 7.21. The Morgan fingerprint density at radius 2 is 2.00 bits per heavy atom. The first-order valence-electron chi connectivity index (χ1n) is 6.26. The van der Waals surface area contributed by atoms with Crippen molar-refractivity contribution in [2.45, 2.75) is 43.3 Å². The number of ether oxygens (including phenoxy) is 1. The molecule has 1 atom stereocenters. The summed E-state index contributed by atoms with van der Waals surface area (Å²) < 4.78 is 5.11. The van der Waals surface area contributed by atoms with Crippen molar-refractivity contribution in [3.05, 3.63) is 29.3 Å². The molecule has 0 aliphatic heterocycles. The number of unbranched alkanes of at least 4 members (excludes halogenated alkanes) is 1. The van der Waals surface area contributed by atoms with Crippen LogP contribution < -0.4 is 0 Å². The molecule has 2 nitrogen and oxygen atoms in total. The van der Waals surface area contributed by atoms with Crippen molar-refractivity contribution in [1.82, 2.24) is 0 Å². The molecule has 18 heavy (non-hydrogen) atoms. The van der Waals surface area contributed by atoms with E-state index in [-0.39, 0.29) is 11.2 Å². The zero-order valence-electron chi connectivity index (χ0n) is 10.8. The fourth-order valence-corrected chi connectivity index (χ4v) is 2.72. The summed E-state index contributed by atoms with van der Waals surface area (Å²) >= 11 is 7.40. The van der Waals surface area contributed by atoms with Crippen molar-refractivity contribution in [2.75, 3.05) is 6.61 Å². The molecule has 0 amide bonds. The largest absolute Gasteiger partial charge is 0.465 e. The van der Waals surface area contributed by atoms with Crippen LogP contribution in [-0.4, -0.2) is 17.8 Å². The van der Waals surface area contributed by atoms with Crippen LogP contribution in [-0.2, 0) is 9.53 Å². The Morgan fingerprint density at radius 1 is 1.33 bits per heavy atom. The Hall–Kier alpha value is -0.670. The van der Waals surface area contributed by atoms with Crippen molar-refractivity contribution in [2.24, 2.45) is 0 Å². The van der Waals surface area contributed by atoms with Gasteiger partial charge < -0.3 is 4.74 Å². The van der Waals surface area contributed by atoms with Gasteiger partial charge in [0.25, 0.3) is 0 Å². The number of hydrogen-bond acceptors (Lipinski definition) is 3. The second-order valence-electron chi connectivity index (χ2n) is 3.95. The molecular weight excluding hydrogens is 268 g/mol. The van der Waals surface area contributed by atoms with Gasteiger partial charge in [-0.15, -0.1) is 11.8 Å². The first-order chi connectivity index (χ1) is 8.67. The summed E-state index contributed by atoms with van der Waals surface area (Å²) in [7, 11) is 0. The zero-order valence-corrected chi connectivity index (χ0v) is 12.4. The summed E-state index contributed by atoms with van der Waals surface area (Å²) in [5, 5.41) is 0.590. The van der Waals surface area contributed by atoms with E-state index in [2.05, 4.69) is 6.92 Å². The highest BCUT2D eigenvalue weighted by molar-refractivity contribution is 8.00. The number of halogens is 1. The third-order valence-corrected chi connectivity index (χ3v) is 3.97. The van der Waals surface area contributed by atoms with Crippen LogP contribution in [0.1, 0.15) is 33.1 Å². The lowest BCUT2D eigenvalue weighted by molar-refractivity contribution is -0.142. The van der Waals surface area contributed by atoms with Gasteiger partial charge in [-0.1, -0.05) is 31.4 Å².